The van der Waals surface area contributed by atoms with E-state index in [0.717, 1.165) is 94.9 Å². The molecule has 2 aromatic heterocycles. The van der Waals surface area contributed by atoms with E-state index in [-0.39, 0.29) is 17.7 Å². The zero-order valence-electron chi connectivity index (χ0n) is 33.0. The van der Waals surface area contributed by atoms with Crippen LogP contribution in [0.2, 0.25) is 0 Å². The second kappa shape index (κ2) is 16.8. The van der Waals surface area contributed by atoms with Gasteiger partial charge in [0.25, 0.3) is 0 Å². The molecule has 288 valence electrons. The lowest BCUT2D eigenvalue weighted by Gasteiger charge is -2.51. The number of morpholine rings is 1. The zero-order valence-corrected chi connectivity index (χ0v) is 33.0. The molecule has 11 heteroatoms. The Labute approximate surface area is 316 Å². The van der Waals surface area contributed by atoms with Crippen molar-refractivity contribution in [3.63, 3.8) is 0 Å². The van der Waals surface area contributed by atoms with Gasteiger partial charge in [0.2, 0.25) is 0 Å². The number of nitrogens with one attached hydrogen (secondary N) is 1. The number of hydrazine groups is 1. The summed E-state index contributed by atoms with van der Waals surface area (Å²) in [6, 6.07) is 7.71. The lowest BCUT2D eigenvalue weighted by molar-refractivity contribution is -0.374. The van der Waals surface area contributed by atoms with Gasteiger partial charge in [-0.2, -0.15) is 0 Å². The quantitative estimate of drug-likeness (QED) is 0.0927. The maximum absolute atomic E-state index is 6.11. The number of hydrogen-bond acceptors (Lipinski definition) is 10. The lowest BCUT2D eigenvalue weighted by atomic mass is 9.77. The van der Waals surface area contributed by atoms with Crippen molar-refractivity contribution in [3.05, 3.63) is 46.8 Å². The Bertz CT molecular complexity index is 1790. The van der Waals surface area contributed by atoms with E-state index < -0.39 is 0 Å². The standard InChI is InChI=1S/C42H60N6O5/c1-8-50-18-15-45(5)13-9-11-30-21-36(38(43-27-30)29(2)49-7)40-37(26-42(3,4)28-52-53-41-32-23-33(24-32)46(6)44-41)35-25-34(47-16-19-51-20-17-47)22-31-12-10-14-48(40)39(31)35/h21-22,25,27,29,32-33,41,44H,8,10,12-20,23-24,26,28H2,1-7H3/t29-,32?,33?,41+/m0/s1. The Morgan fingerprint density at radius 1 is 1.15 bits per heavy atom. The van der Waals surface area contributed by atoms with Gasteiger partial charge in [0.05, 0.1) is 56.0 Å². The summed E-state index contributed by atoms with van der Waals surface area (Å²) in [7, 11) is 5.94. The van der Waals surface area contributed by atoms with Gasteiger partial charge < -0.3 is 23.7 Å². The minimum atomic E-state index is -0.232. The smallest absolute Gasteiger partial charge is 0.159 e. The third-order valence-electron chi connectivity index (χ3n) is 11.6. The Balaban J connectivity index is 1.28. The summed E-state index contributed by atoms with van der Waals surface area (Å²) in [6.07, 6.45) is 6.85. The highest BCUT2D eigenvalue weighted by molar-refractivity contribution is 5.97. The molecule has 8 rings (SSSR count). The van der Waals surface area contributed by atoms with E-state index in [1.807, 2.05) is 13.1 Å². The van der Waals surface area contributed by atoms with Gasteiger partial charge in [0.1, 0.15) is 0 Å². The fourth-order valence-electron chi connectivity index (χ4n) is 8.35. The van der Waals surface area contributed by atoms with E-state index in [4.69, 9.17) is 29.0 Å². The molecule has 0 amide bonds. The van der Waals surface area contributed by atoms with Crippen LogP contribution in [0.25, 0.3) is 22.2 Å². The van der Waals surface area contributed by atoms with E-state index in [2.05, 4.69) is 89.7 Å². The third-order valence-corrected chi connectivity index (χ3v) is 11.6. The van der Waals surface area contributed by atoms with Gasteiger partial charge in [0.15, 0.2) is 6.23 Å². The molecule has 5 aliphatic rings. The Kier molecular flexibility index (Phi) is 12.1. The van der Waals surface area contributed by atoms with E-state index in [0.29, 0.717) is 31.7 Å². The summed E-state index contributed by atoms with van der Waals surface area (Å²) < 4.78 is 19.8. The zero-order chi connectivity index (χ0) is 37.1. The van der Waals surface area contributed by atoms with Crippen molar-refractivity contribution in [1.29, 1.82) is 0 Å². The SMILES string of the molecule is CCOCCN(C)CC#Cc1cnc([C@H](C)OC)c(-c2c(CC(C)(C)COO[C@H]3NN(C)C4CC3C4)c3cc(N4CCOCC4)cc4c3n2CCC4)c1. The number of aryl methyl sites for hydroxylation is 2. The van der Waals surface area contributed by atoms with Crippen LogP contribution in [-0.2, 0) is 43.4 Å². The number of methoxy groups -OCH3 is 1. The first kappa shape index (κ1) is 38.2. The molecule has 0 unspecified atom stereocenters. The summed E-state index contributed by atoms with van der Waals surface area (Å²) in [6.45, 7) is 16.3. The number of likely N-dealkylation sites (N-methyl/N-ethyl adjacent to an activating group) is 1. The normalized spacial score (nSPS) is 22.2. The van der Waals surface area contributed by atoms with Gasteiger partial charge in [-0.25, -0.2) is 20.2 Å². The number of anilines is 1. The second-order valence-corrected chi connectivity index (χ2v) is 16.2. The molecule has 53 heavy (non-hydrogen) atoms. The second-order valence-electron chi connectivity index (χ2n) is 16.2. The molecule has 2 bridgehead atoms. The van der Waals surface area contributed by atoms with Gasteiger partial charge in [-0.15, -0.1) is 0 Å². The first-order valence-electron chi connectivity index (χ1n) is 19.7. The molecule has 3 aromatic rings. The van der Waals surface area contributed by atoms with Gasteiger partial charge in [-0.05, 0) is 87.7 Å². The topological polar surface area (TPSA) is 85.7 Å². The van der Waals surface area contributed by atoms with Gasteiger partial charge in [0, 0.05) is 87.3 Å². The lowest BCUT2D eigenvalue weighted by Crippen LogP contribution is -2.64. The Hall–Kier alpha value is -3.05. The number of rotatable bonds is 15. The van der Waals surface area contributed by atoms with Crippen LogP contribution in [0.15, 0.2) is 24.4 Å². The summed E-state index contributed by atoms with van der Waals surface area (Å²) >= 11 is 0. The average molecular weight is 729 g/mol. The fraction of sp³-hybridized carbons (Fsp3) is 0.643. The number of pyridine rings is 1. The maximum Gasteiger partial charge on any atom is 0.159 e. The van der Waals surface area contributed by atoms with Gasteiger partial charge >= 0.3 is 0 Å². The third kappa shape index (κ3) is 8.46. The van der Waals surface area contributed by atoms with E-state index in [1.54, 1.807) is 7.11 Å². The predicted molar refractivity (Wildman–Crippen MR) is 209 cm³/mol. The molecule has 0 radical (unpaired) electrons. The van der Waals surface area contributed by atoms with E-state index >= 15 is 0 Å². The predicted octanol–water partition coefficient (Wildman–Crippen LogP) is 5.58. The molecular weight excluding hydrogens is 668 g/mol. The van der Waals surface area contributed by atoms with Gasteiger partial charge in [-0.1, -0.05) is 25.7 Å². The van der Waals surface area contributed by atoms with E-state index in [1.165, 1.54) is 33.4 Å². The van der Waals surface area contributed by atoms with Crippen LogP contribution in [0.1, 0.15) is 75.4 Å². The van der Waals surface area contributed by atoms with Crippen LogP contribution < -0.4 is 10.3 Å². The van der Waals surface area contributed by atoms with E-state index in [9.17, 15) is 0 Å². The summed E-state index contributed by atoms with van der Waals surface area (Å²) in [5.74, 6) is 7.33. The number of hydrogen-bond donors (Lipinski definition) is 1. The van der Waals surface area contributed by atoms with Gasteiger partial charge in [-0.3, -0.25) is 9.88 Å². The van der Waals surface area contributed by atoms with Crippen molar-refractivity contribution >= 4 is 16.6 Å². The van der Waals surface area contributed by atoms with Crippen LogP contribution >= 0.6 is 0 Å². The number of ether oxygens (including phenoxy) is 3. The molecule has 0 spiro atoms. The van der Waals surface area contributed by atoms with Crippen LogP contribution in [0, 0.1) is 23.2 Å². The molecule has 1 aliphatic carbocycles. The van der Waals surface area contributed by atoms with Crippen molar-refractivity contribution in [3.8, 4) is 23.1 Å². The molecule has 3 saturated heterocycles. The Morgan fingerprint density at radius 3 is 2.72 bits per heavy atom. The largest absolute Gasteiger partial charge is 0.380 e. The molecule has 4 fully saturated rings. The highest BCUT2D eigenvalue weighted by Crippen LogP contribution is 2.45. The average Bonchev–Trinajstić information content (AvgIpc) is 3.43. The maximum atomic E-state index is 6.11. The monoisotopic (exact) mass is 728 g/mol. The van der Waals surface area contributed by atoms with Crippen LogP contribution in [0.4, 0.5) is 5.69 Å². The van der Waals surface area contributed by atoms with Crippen LogP contribution in [-0.4, -0.2) is 112 Å². The minimum absolute atomic E-state index is 0.108. The number of nitrogens with zero attached hydrogens (tertiary/aromatic N) is 5. The molecule has 1 saturated carbocycles. The molecule has 1 aromatic carbocycles. The van der Waals surface area contributed by atoms with Crippen molar-refractivity contribution in [2.24, 2.45) is 11.3 Å². The highest BCUT2D eigenvalue weighted by atomic mass is 17.2. The molecule has 11 nitrogen and oxygen atoms in total. The number of aromatic nitrogens is 2. The minimum Gasteiger partial charge on any atom is -0.380 e. The molecular formula is C42H60N6O5. The molecule has 2 atom stereocenters. The highest BCUT2D eigenvalue weighted by Gasteiger charge is 2.44. The first-order valence-corrected chi connectivity index (χ1v) is 19.7. The number of fused-ring (bicyclic) bond motifs is 2. The van der Waals surface area contributed by atoms with Crippen molar-refractivity contribution in [2.45, 2.75) is 84.7 Å². The molecule has 4 aliphatic heterocycles. The summed E-state index contributed by atoms with van der Waals surface area (Å²) in [5.41, 5.74) is 12.7. The van der Waals surface area contributed by atoms with Crippen molar-refractivity contribution in [1.82, 2.24) is 24.9 Å². The van der Waals surface area contributed by atoms with Crippen LogP contribution in [0.5, 0.6) is 0 Å². The molecule has 1 N–H and O–H groups in total. The summed E-state index contributed by atoms with van der Waals surface area (Å²) in [4.78, 5) is 21.9. The summed E-state index contributed by atoms with van der Waals surface area (Å²) in [5, 5.41) is 3.49. The van der Waals surface area contributed by atoms with Crippen molar-refractivity contribution in [2.75, 3.05) is 85.3 Å². The Morgan fingerprint density at radius 2 is 1.96 bits per heavy atom. The fourth-order valence-corrected chi connectivity index (χ4v) is 8.35. The molecule has 6 heterocycles. The van der Waals surface area contributed by atoms with Crippen LogP contribution in [0.3, 0.4) is 0 Å². The van der Waals surface area contributed by atoms with Crippen molar-refractivity contribution < 1.29 is 24.0 Å². The first-order chi connectivity index (χ1) is 25.7. The number of benzene rings is 1.